The predicted molar refractivity (Wildman–Crippen MR) is 98.6 cm³/mol. The molecule has 0 N–H and O–H groups in total. The molecule has 1 aromatic carbocycles. The first kappa shape index (κ1) is 22.5. The Balaban J connectivity index is 1.93. The van der Waals surface area contributed by atoms with Crippen LogP contribution in [0.3, 0.4) is 0 Å². The quantitative estimate of drug-likeness (QED) is 0.486. The van der Waals surface area contributed by atoms with E-state index in [2.05, 4.69) is 4.18 Å². The molecule has 8 nitrogen and oxygen atoms in total. The molecule has 0 saturated carbocycles. The van der Waals surface area contributed by atoms with Gasteiger partial charge in [-0.05, 0) is 32.4 Å². The lowest BCUT2D eigenvalue weighted by Gasteiger charge is -2.38. The molecule has 1 saturated heterocycles. The van der Waals surface area contributed by atoms with Gasteiger partial charge in [0.15, 0.2) is 0 Å². The van der Waals surface area contributed by atoms with Crippen LogP contribution in [0.25, 0.3) is 0 Å². The van der Waals surface area contributed by atoms with Crippen LogP contribution in [-0.4, -0.2) is 61.0 Å². The van der Waals surface area contributed by atoms with Gasteiger partial charge in [0.25, 0.3) is 5.91 Å². The number of carbonyl (C=O) groups excluding carboxylic acids is 2. The molecule has 0 unspecified atom stereocenters. The van der Waals surface area contributed by atoms with Crippen LogP contribution >= 0.6 is 11.6 Å². The van der Waals surface area contributed by atoms with Crippen LogP contribution in [0.2, 0.25) is 5.02 Å². The highest BCUT2D eigenvalue weighted by Crippen LogP contribution is 2.42. The van der Waals surface area contributed by atoms with Gasteiger partial charge in [0.2, 0.25) is 0 Å². The van der Waals surface area contributed by atoms with Crippen LogP contribution in [0.15, 0.2) is 12.1 Å². The molecule has 2 amide bonds. The second-order valence-electron chi connectivity index (χ2n) is 7.79. The first-order valence-electron chi connectivity index (χ1n) is 8.74. The third-order valence-corrected chi connectivity index (χ3v) is 5.73. The van der Waals surface area contributed by atoms with E-state index in [-0.39, 0.29) is 35.8 Å². The van der Waals surface area contributed by atoms with E-state index in [1.54, 1.807) is 20.8 Å². The highest BCUT2D eigenvalue weighted by Gasteiger charge is 2.49. The van der Waals surface area contributed by atoms with Gasteiger partial charge in [-0.15, -0.1) is 0 Å². The van der Waals surface area contributed by atoms with Crippen molar-refractivity contribution < 1.29 is 40.1 Å². The topological polar surface area (TPSA) is 93.2 Å². The number of halogens is 4. The van der Waals surface area contributed by atoms with E-state index in [1.807, 2.05) is 0 Å². The summed E-state index contributed by atoms with van der Waals surface area (Å²) in [7, 11) is -5.91. The SMILES string of the molecule is CC(C)(C)OC(=O)N1CCN2C(=O)c3c(Cl)cc(OS(=O)(=O)C(F)(F)F)cc3[C@@H]2C1. The molecule has 0 bridgehead atoms. The van der Waals surface area contributed by atoms with Gasteiger partial charge >= 0.3 is 21.7 Å². The fourth-order valence-electron chi connectivity index (χ4n) is 3.24. The van der Waals surface area contributed by atoms with E-state index in [4.69, 9.17) is 16.3 Å². The van der Waals surface area contributed by atoms with Gasteiger partial charge in [-0.25, -0.2) is 4.79 Å². The first-order chi connectivity index (χ1) is 13.6. The molecular weight excluding hydrogens is 453 g/mol. The summed E-state index contributed by atoms with van der Waals surface area (Å²) in [5, 5.41) is -0.247. The number of carbonyl (C=O) groups is 2. The summed E-state index contributed by atoms with van der Waals surface area (Å²) in [5.41, 5.74) is -6.16. The maximum atomic E-state index is 12.7. The molecule has 1 atom stereocenters. The average Bonchev–Trinajstić information content (AvgIpc) is 2.84. The Labute approximate surface area is 175 Å². The molecule has 13 heteroatoms. The maximum absolute atomic E-state index is 12.7. The number of piperazine rings is 1. The summed E-state index contributed by atoms with van der Waals surface area (Å²) in [4.78, 5) is 27.8. The molecule has 1 aromatic rings. The number of benzene rings is 1. The zero-order chi connectivity index (χ0) is 22.6. The minimum Gasteiger partial charge on any atom is -0.444 e. The smallest absolute Gasteiger partial charge is 0.444 e. The summed E-state index contributed by atoms with van der Waals surface area (Å²) in [6.07, 6.45) is -0.610. The van der Waals surface area contributed by atoms with Gasteiger partial charge in [-0.3, -0.25) is 4.79 Å². The molecule has 0 radical (unpaired) electrons. The molecule has 0 aromatic heterocycles. The summed E-state index contributed by atoms with van der Waals surface area (Å²) >= 11 is 6.05. The number of ether oxygens (including phenoxy) is 1. The fraction of sp³-hybridized carbons (Fsp3) is 0.529. The van der Waals surface area contributed by atoms with Crippen molar-refractivity contribution >= 4 is 33.7 Å². The highest BCUT2D eigenvalue weighted by atomic mass is 35.5. The second-order valence-corrected chi connectivity index (χ2v) is 9.74. The second kappa shape index (κ2) is 7.19. The maximum Gasteiger partial charge on any atom is 0.534 e. The molecule has 0 spiro atoms. The van der Waals surface area contributed by atoms with E-state index in [0.29, 0.717) is 0 Å². The number of alkyl halides is 3. The molecule has 166 valence electrons. The predicted octanol–water partition coefficient (Wildman–Crippen LogP) is 3.32. The van der Waals surface area contributed by atoms with Gasteiger partial charge in [0.1, 0.15) is 11.4 Å². The summed E-state index contributed by atoms with van der Waals surface area (Å²) < 4.78 is 70.0. The Morgan fingerprint density at radius 2 is 1.83 bits per heavy atom. The number of fused-ring (bicyclic) bond motifs is 3. The number of hydrogen-bond donors (Lipinski definition) is 0. The largest absolute Gasteiger partial charge is 0.534 e. The van der Waals surface area contributed by atoms with Gasteiger partial charge in [0.05, 0.1) is 16.6 Å². The molecular formula is C17H18ClF3N2O6S. The van der Waals surface area contributed by atoms with Crippen molar-refractivity contribution in [3.8, 4) is 5.75 Å². The van der Waals surface area contributed by atoms with Crippen LogP contribution in [0.1, 0.15) is 42.7 Å². The minimum atomic E-state index is -5.91. The van der Waals surface area contributed by atoms with E-state index >= 15 is 0 Å². The average molecular weight is 471 g/mol. The van der Waals surface area contributed by atoms with Gasteiger partial charge in [0, 0.05) is 25.7 Å². The summed E-state index contributed by atoms with van der Waals surface area (Å²) in [5.74, 6) is -1.14. The minimum absolute atomic E-state index is 0.000539. The van der Waals surface area contributed by atoms with Crippen molar-refractivity contribution in [2.24, 2.45) is 0 Å². The number of nitrogens with zero attached hydrogens (tertiary/aromatic N) is 2. The van der Waals surface area contributed by atoms with Crippen molar-refractivity contribution in [2.45, 2.75) is 37.9 Å². The molecule has 3 rings (SSSR count). The van der Waals surface area contributed by atoms with Gasteiger partial charge in [-0.2, -0.15) is 21.6 Å². The number of rotatable bonds is 2. The standard InChI is InChI=1S/C17H18ClF3N2O6S/c1-16(2,3)28-15(25)22-4-5-23-12(8-22)10-6-9(7-11(18)13(10)14(23)24)29-30(26,27)17(19,20)21/h6-7,12H,4-5,8H2,1-3H3/t12-/m0/s1. The van der Waals surface area contributed by atoms with Crippen LogP contribution in [-0.2, 0) is 14.9 Å². The van der Waals surface area contributed by atoms with Crippen LogP contribution in [0.4, 0.5) is 18.0 Å². The van der Waals surface area contributed by atoms with Crippen LogP contribution < -0.4 is 4.18 Å². The van der Waals surface area contributed by atoms with Crippen molar-refractivity contribution in [1.29, 1.82) is 0 Å². The lowest BCUT2D eigenvalue weighted by Crippen LogP contribution is -2.50. The van der Waals surface area contributed by atoms with E-state index in [0.717, 1.165) is 12.1 Å². The van der Waals surface area contributed by atoms with Crippen LogP contribution in [0, 0.1) is 0 Å². The first-order valence-corrected chi connectivity index (χ1v) is 10.5. The summed E-state index contributed by atoms with van der Waals surface area (Å²) in [6, 6.07) is 1.13. The molecule has 30 heavy (non-hydrogen) atoms. The van der Waals surface area contributed by atoms with Gasteiger partial charge < -0.3 is 18.7 Å². The summed E-state index contributed by atoms with van der Waals surface area (Å²) in [6.45, 7) is 5.42. The Hall–Kier alpha value is -2.21. The zero-order valence-corrected chi connectivity index (χ0v) is 17.7. The molecule has 2 aliphatic heterocycles. The molecule has 2 aliphatic rings. The lowest BCUT2D eigenvalue weighted by atomic mass is 10.0. The van der Waals surface area contributed by atoms with E-state index in [9.17, 15) is 31.2 Å². The zero-order valence-electron chi connectivity index (χ0n) is 16.1. The van der Waals surface area contributed by atoms with Crippen LogP contribution in [0.5, 0.6) is 5.75 Å². The Bertz CT molecular complexity index is 1010. The van der Waals surface area contributed by atoms with E-state index < -0.39 is 45.0 Å². The van der Waals surface area contributed by atoms with Crippen molar-refractivity contribution in [1.82, 2.24) is 9.80 Å². The number of hydrogen-bond acceptors (Lipinski definition) is 6. The third-order valence-electron chi connectivity index (χ3n) is 4.45. The van der Waals surface area contributed by atoms with E-state index in [1.165, 1.54) is 9.80 Å². The normalized spacial score (nSPS) is 19.4. The number of amides is 2. The monoisotopic (exact) mass is 470 g/mol. The molecule has 2 heterocycles. The molecule has 1 fully saturated rings. The third kappa shape index (κ3) is 4.15. The fourth-order valence-corrected chi connectivity index (χ4v) is 3.98. The molecule has 0 aliphatic carbocycles. The Morgan fingerprint density at radius 1 is 1.20 bits per heavy atom. The van der Waals surface area contributed by atoms with Crippen molar-refractivity contribution in [2.75, 3.05) is 19.6 Å². The van der Waals surface area contributed by atoms with Crippen molar-refractivity contribution in [3.05, 3.63) is 28.3 Å². The Kier molecular flexibility index (Phi) is 5.38. The van der Waals surface area contributed by atoms with Crippen molar-refractivity contribution in [3.63, 3.8) is 0 Å². The Morgan fingerprint density at radius 3 is 2.40 bits per heavy atom. The van der Waals surface area contributed by atoms with Gasteiger partial charge in [-0.1, -0.05) is 11.6 Å². The lowest BCUT2D eigenvalue weighted by molar-refractivity contribution is -0.0500. The highest BCUT2D eigenvalue weighted by molar-refractivity contribution is 7.88.